The van der Waals surface area contributed by atoms with Gasteiger partial charge in [0, 0.05) is 31.2 Å². The normalized spacial score (nSPS) is 22.0. The SMILES string of the molecule is CCOC(=O)N1CCN(C(=O)CN2C(=O)N[C@](C)(c3ccc(Cl)cc3)C2=O)CC1. The quantitative estimate of drug-likeness (QED) is 0.739. The van der Waals surface area contributed by atoms with Crippen molar-refractivity contribution in [3.63, 3.8) is 0 Å². The lowest BCUT2D eigenvalue weighted by molar-refractivity contribution is -0.139. The van der Waals surface area contributed by atoms with Gasteiger partial charge < -0.3 is 19.9 Å². The number of ether oxygens (including phenoxy) is 1. The second kappa shape index (κ2) is 8.28. The van der Waals surface area contributed by atoms with E-state index in [2.05, 4.69) is 5.32 Å². The van der Waals surface area contributed by atoms with Gasteiger partial charge in [-0.15, -0.1) is 0 Å². The van der Waals surface area contributed by atoms with Gasteiger partial charge in [0.15, 0.2) is 0 Å². The number of piperazine rings is 1. The highest BCUT2D eigenvalue weighted by atomic mass is 35.5. The smallest absolute Gasteiger partial charge is 0.409 e. The minimum atomic E-state index is -1.26. The zero-order valence-electron chi connectivity index (χ0n) is 16.3. The second-order valence-corrected chi connectivity index (χ2v) is 7.46. The van der Waals surface area contributed by atoms with Gasteiger partial charge >= 0.3 is 12.1 Å². The van der Waals surface area contributed by atoms with Crippen LogP contribution in [0.15, 0.2) is 24.3 Å². The maximum atomic E-state index is 12.9. The average molecular weight is 423 g/mol. The first kappa shape index (κ1) is 20.9. The predicted octanol–water partition coefficient (Wildman–Crippen LogP) is 1.41. The Balaban J connectivity index is 1.62. The highest BCUT2D eigenvalue weighted by Crippen LogP contribution is 2.29. The summed E-state index contributed by atoms with van der Waals surface area (Å²) in [4.78, 5) is 53.7. The summed E-state index contributed by atoms with van der Waals surface area (Å²) in [6.45, 7) is 4.57. The maximum Gasteiger partial charge on any atom is 0.409 e. The summed E-state index contributed by atoms with van der Waals surface area (Å²) in [6, 6.07) is 5.99. The fourth-order valence-corrected chi connectivity index (χ4v) is 3.53. The lowest BCUT2D eigenvalue weighted by atomic mass is 9.92. The zero-order valence-corrected chi connectivity index (χ0v) is 17.1. The van der Waals surface area contributed by atoms with E-state index in [1.54, 1.807) is 38.1 Å². The zero-order chi connectivity index (χ0) is 21.2. The molecule has 1 atom stereocenters. The van der Waals surface area contributed by atoms with Crippen molar-refractivity contribution < 1.29 is 23.9 Å². The molecule has 10 heteroatoms. The first-order valence-electron chi connectivity index (χ1n) is 9.36. The van der Waals surface area contributed by atoms with Gasteiger partial charge in [-0.25, -0.2) is 9.59 Å². The number of nitrogens with zero attached hydrogens (tertiary/aromatic N) is 3. The van der Waals surface area contributed by atoms with Gasteiger partial charge in [0.05, 0.1) is 6.61 Å². The van der Waals surface area contributed by atoms with Crippen LogP contribution in [-0.4, -0.2) is 78.0 Å². The highest BCUT2D eigenvalue weighted by molar-refractivity contribution is 6.30. The molecular formula is C19H23ClN4O5. The molecule has 3 rings (SSSR count). The van der Waals surface area contributed by atoms with Crippen molar-refractivity contribution >= 4 is 35.5 Å². The molecule has 2 aliphatic rings. The van der Waals surface area contributed by atoms with Crippen molar-refractivity contribution in [2.75, 3.05) is 39.3 Å². The molecule has 0 unspecified atom stereocenters. The Hall–Kier alpha value is -2.81. The van der Waals surface area contributed by atoms with Crippen molar-refractivity contribution in [1.29, 1.82) is 0 Å². The number of nitrogens with one attached hydrogen (secondary N) is 1. The summed E-state index contributed by atoms with van der Waals surface area (Å²) >= 11 is 5.89. The van der Waals surface area contributed by atoms with E-state index in [0.29, 0.717) is 36.8 Å². The van der Waals surface area contributed by atoms with E-state index in [4.69, 9.17) is 16.3 Å². The van der Waals surface area contributed by atoms with Crippen LogP contribution in [0.4, 0.5) is 9.59 Å². The van der Waals surface area contributed by atoms with E-state index in [1.165, 1.54) is 9.80 Å². The molecule has 0 radical (unpaired) electrons. The van der Waals surface area contributed by atoms with Crippen LogP contribution in [0.25, 0.3) is 0 Å². The molecular weight excluding hydrogens is 400 g/mol. The van der Waals surface area contributed by atoms with Gasteiger partial charge in [-0.1, -0.05) is 23.7 Å². The predicted molar refractivity (Wildman–Crippen MR) is 104 cm³/mol. The number of amides is 5. The number of benzene rings is 1. The van der Waals surface area contributed by atoms with Gasteiger partial charge in [0.1, 0.15) is 12.1 Å². The number of rotatable bonds is 4. The molecule has 0 saturated carbocycles. The molecule has 0 aromatic heterocycles. The van der Waals surface area contributed by atoms with Gasteiger partial charge in [0.2, 0.25) is 5.91 Å². The van der Waals surface area contributed by atoms with Crippen LogP contribution in [0.3, 0.4) is 0 Å². The van der Waals surface area contributed by atoms with Gasteiger partial charge in [-0.05, 0) is 31.5 Å². The molecule has 29 heavy (non-hydrogen) atoms. The number of hydrogen-bond acceptors (Lipinski definition) is 5. The Bertz CT molecular complexity index is 822. The molecule has 156 valence electrons. The Kier molecular flexibility index (Phi) is 5.97. The summed E-state index contributed by atoms with van der Waals surface area (Å²) in [7, 11) is 0. The molecule has 2 fully saturated rings. The van der Waals surface area contributed by atoms with Crippen LogP contribution in [0.5, 0.6) is 0 Å². The first-order valence-corrected chi connectivity index (χ1v) is 9.73. The summed E-state index contributed by atoms with van der Waals surface area (Å²) in [5.41, 5.74) is -0.678. The lowest BCUT2D eigenvalue weighted by Gasteiger charge is -2.34. The molecule has 2 saturated heterocycles. The third-order valence-electron chi connectivity index (χ3n) is 5.15. The van der Waals surface area contributed by atoms with Crippen LogP contribution in [0.1, 0.15) is 19.4 Å². The molecule has 1 aromatic carbocycles. The Morgan fingerprint density at radius 2 is 1.69 bits per heavy atom. The van der Waals surface area contributed by atoms with Crippen molar-refractivity contribution in [3.8, 4) is 0 Å². The van der Waals surface area contributed by atoms with E-state index in [-0.39, 0.29) is 19.1 Å². The van der Waals surface area contributed by atoms with Crippen molar-refractivity contribution in [1.82, 2.24) is 20.0 Å². The summed E-state index contributed by atoms with van der Waals surface area (Å²) in [6.07, 6.45) is -0.410. The number of carbonyl (C=O) groups excluding carboxylic acids is 4. The van der Waals surface area contributed by atoms with E-state index < -0.39 is 23.6 Å². The molecule has 0 bridgehead atoms. The Labute approximate surface area is 173 Å². The molecule has 1 aromatic rings. The number of imide groups is 1. The number of carbonyl (C=O) groups is 4. The van der Waals surface area contributed by atoms with E-state index in [9.17, 15) is 19.2 Å². The summed E-state index contributed by atoms with van der Waals surface area (Å²) in [5, 5.41) is 3.18. The van der Waals surface area contributed by atoms with Crippen LogP contribution >= 0.6 is 11.6 Å². The van der Waals surface area contributed by atoms with E-state index in [0.717, 1.165) is 4.90 Å². The van der Waals surface area contributed by atoms with E-state index in [1.807, 2.05) is 0 Å². The molecule has 5 amide bonds. The van der Waals surface area contributed by atoms with Crippen LogP contribution in [0, 0.1) is 0 Å². The van der Waals surface area contributed by atoms with Crippen molar-refractivity contribution in [3.05, 3.63) is 34.9 Å². The average Bonchev–Trinajstić information content (AvgIpc) is 2.92. The molecule has 0 aliphatic carbocycles. The fourth-order valence-electron chi connectivity index (χ4n) is 3.41. The lowest BCUT2D eigenvalue weighted by Crippen LogP contribution is -2.53. The van der Waals surface area contributed by atoms with Crippen LogP contribution in [-0.2, 0) is 19.9 Å². The summed E-state index contributed by atoms with van der Waals surface area (Å²) < 4.78 is 4.95. The molecule has 2 heterocycles. The number of urea groups is 1. The van der Waals surface area contributed by atoms with Gasteiger partial charge in [0.25, 0.3) is 5.91 Å². The van der Waals surface area contributed by atoms with Crippen molar-refractivity contribution in [2.24, 2.45) is 0 Å². The fraction of sp³-hybridized carbons (Fsp3) is 0.474. The van der Waals surface area contributed by atoms with Gasteiger partial charge in [-0.2, -0.15) is 0 Å². The third-order valence-corrected chi connectivity index (χ3v) is 5.40. The summed E-state index contributed by atoms with van der Waals surface area (Å²) in [5.74, 6) is -0.847. The van der Waals surface area contributed by atoms with Crippen LogP contribution < -0.4 is 5.32 Å². The molecule has 1 N–H and O–H groups in total. The van der Waals surface area contributed by atoms with Crippen LogP contribution in [0.2, 0.25) is 5.02 Å². The molecule has 0 spiro atoms. The second-order valence-electron chi connectivity index (χ2n) is 7.02. The van der Waals surface area contributed by atoms with Crippen molar-refractivity contribution in [2.45, 2.75) is 19.4 Å². The highest BCUT2D eigenvalue weighted by Gasteiger charge is 2.49. The standard InChI is InChI=1S/C19H23ClN4O5/c1-3-29-18(28)23-10-8-22(9-11-23)15(25)12-24-16(26)19(2,21-17(24)27)13-4-6-14(20)7-5-13/h4-7H,3,8-12H2,1-2H3,(H,21,27)/t19-/m1/s1. The van der Waals surface area contributed by atoms with E-state index >= 15 is 0 Å². The maximum absolute atomic E-state index is 12.9. The minimum Gasteiger partial charge on any atom is -0.450 e. The third kappa shape index (κ3) is 4.14. The Morgan fingerprint density at radius 1 is 1.10 bits per heavy atom. The largest absolute Gasteiger partial charge is 0.450 e. The topological polar surface area (TPSA) is 99.3 Å². The molecule has 9 nitrogen and oxygen atoms in total. The molecule has 2 aliphatic heterocycles. The monoisotopic (exact) mass is 422 g/mol. The first-order chi connectivity index (χ1) is 13.8. The van der Waals surface area contributed by atoms with Gasteiger partial charge in [-0.3, -0.25) is 14.5 Å². The Morgan fingerprint density at radius 3 is 2.28 bits per heavy atom. The minimum absolute atomic E-state index is 0.288. The number of hydrogen-bond donors (Lipinski definition) is 1. The number of halogens is 1.